The van der Waals surface area contributed by atoms with Crippen molar-refractivity contribution in [2.75, 3.05) is 32.8 Å². The zero-order valence-corrected chi connectivity index (χ0v) is 18.2. The molecular formula is C23H25N7O3. The highest BCUT2D eigenvalue weighted by Crippen LogP contribution is 2.26. The summed E-state index contributed by atoms with van der Waals surface area (Å²) in [5.74, 6) is 1.12. The number of nitriles is 1. The Kier molecular flexibility index (Phi) is 6.15. The summed E-state index contributed by atoms with van der Waals surface area (Å²) in [6.07, 6.45) is 3.57. The van der Waals surface area contributed by atoms with Gasteiger partial charge in [-0.15, -0.1) is 5.10 Å². The van der Waals surface area contributed by atoms with Gasteiger partial charge in [0.15, 0.2) is 5.75 Å². The molecule has 0 saturated carbocycles. The Labute approximate surface area is 190 Å². The Morgan fingerprint density at radius 2 is 1.97 bits per heavy atom. The number of piperidine rings is 1. The van der Waals surface area contributed by atoms with Gasteiger partial charge in [-0.05, 0) is 38.1 Å². The van der Waals surface area contributed by atoms with Crippen LogP contribution < -0.4 is 20.3 Å². The summed E-state index contributed by atoms with van der Waals surface area (Å²) in [7, 11) is 0. The van der Waals surface area contributed by atoms with Gasteiger partial charge in [0.05, 0.1) is 22.3 Å². The van der Waals surface area contributed by atoms with Gasteiger partial charge in [-0.3, -0.25) is 9.78 Å². The normalized spacial score (nSPS) is 16.6. The number of pyridine rings is 2. The summed E-state index contributed by atoms with van der Waals surface area (Å²) in [4.78, 5) is 19.1. The molecule has 3 aromatic heterocycles. The van der Waals surface area contributed by atoms with E-state index in [9.17, 15) is 10.1 Å². The van der Waals surface area contributed by atoms with Crippen LogP contribution in [0.4, 0.5) is 0 Å². The minimum absolute atomic E-state index is 0.0727. The predicted molar refractivity (Wildman–Crippen MR) is 120 cm³/mol. The maximum Gasteiger partial charge on any atom is 0.276 e. The van der Waals surface area contributed by atoms with Crippen LogP contribution in [0.2, 0.25) is 0 Å². The summed E-state index contributed by atoms with van der Waals surface area (Å²) < 4.78 is 12.7. The number of hydrogen-bond donors (Lipinski definition) is 1. The maximum absolute atomic E-state index is 12.5. The van der Waals surface area contributed by atoms with E-state index in [2.05, 4.69) is 31.5 Å². The van der Waals surface area contributed by atoms with Crippen molar-refractivity contribution in [3.8, 4) is 17.7 Å². The van der Waals surface area contributed by atoms with Gasteiger partial charge in [0, 0.05) is 44.0 Å². The number of ether oxygens (including phenoxy) is 2. The Bertz CT molecular complexity index is 1250. The molecule has 2 aliphatic rings. The van der Waals surface area contributed by atoms with Crippen molar-refractivity contribution in [3.05, 3.63) is 52.1 Å². The van der Waals surface area contributed by atoms with E-state index >= 15 is 0 Å². The smallest absolute Gasteiger partial charge is 0.276 e. The molecule has 0 aliphatic carbocycles. The van der Waals surface area contributed by atoms with Crippen molar-refractivity contribution < 1.29 is 9.47 Å². The third kappa shape index (κ3) is 4.79. The molecule has 3 aromatic rings. The van der Waals surface area contributed by atoms with Gasteiger partial charge in [0.2, 0.25) is 0 Å². The number of rotatable bonds is 6. The van der Waals surface area contributed by atoms with Crippen LogP contribution >= 0.6 is 0 Å². The number of hydrogen-bond acceptors (Lipinski definition) is 9. The first-order valence-corrected chi connectivity index (χ1v) is 11.2. The first-order chi connectivity index (χ1) is 16.2. The van der Waals surface area contributed by atoms with E-state index < -0.39 is 0 Å². The Balaban J connectivity index is 1.14. The Morgan fingerprint density at radius 3 is 2.82 bits per heavy atom. The molecule has 33 heavy (non-hydrogen) atoms. The predicted octanol–water partition coefficient (Wildman–Crippen LogP) is 1.08. The summed E-state index contributed by atoms with van der Waals surface area (Å²) in [5, 5.41) is 21.0. The Hall–Kier alpha value is -3.55. The molecule has 0 unspecified atom stereocenters. The number of nitrogens with one attached hydrogen (secondary N) is 1. The number of likely N-dealkylation sites (tertiary alicyclic amines) is 1. The topological polar surface area (TPSA) is 118 Å². The van der Waals surface area contributed by atoms with Gasteiger partial charge in [0.1, 0.15) is 19.3 Å². The van der Waals surface area contributed by atoms with Crippen molar-refractivity contribution in [1.82, 2.24) is 30.0 Å². The van der Waals surface area contributed by atoms with Gasteiger partial charge in [-0.1, -0.05) is 0 Å². The van der Waals surface area contributed by atoms with Crippen LogP contribution in [0.25, 0.3) is 11.0 Å². The Morgan fingerprint density at radius 1 is 1.12 bits per heavy atom. The number of aromatic nitrogens is 4. The van der Waals surface area contributed by atoms with Crippen LogP contribution in [0.5, 0.6) is 11.6 Å². The van der Waals surface area contributed by atoms with Crippen molar-refractivity contribution >= 4 is 11.0 Å². The maximum atomic E-state index is 12.5. The standard InChI is InChI=1S/C23H25N7O3/c24-13-16-11-20-19(26-14-16)1-2-22(31)30(20)8-7-29-5-3-17(4-6-29)25-15-18-12-21-23(28-27-18)33-10-9-32-21/h1-2,11-12,14,17,25H,3-10,15H2. The van der Waals surface area contributed by atoms with E-state index in [1.54, 1.807) is 16.7 Å². The van der Waals surface area contributed by atoms with Crippen molar-refractivity contribution in [2.45, 2.75) is 32.0 Å². The van der Waals surface area contributed by atoms with Gasteiger partial charge in [-0.2, -0.15) is 10.4 Å². The zero-order chi connectivity index (χ0) is 22.6. The lowest BCUT2D eigenvalue weighted by Gasteiger charge is -2.32. The lowest BCUT2D eigenvalue weighted by Crippen LogP contribution is -2.43. The molecule has 1 saturated heterocycles. The zero-order valence-electron chi connectivity index (χ0n) is 18.2. The van der Waals surface area contributed by atoms with Gasteiger partial charge in [-0.25, -0.2) is 0 Å². The van der Waals surface area contributed by atoms with Gasteiger partial charge in [0.25, 0.3) is 11.4 Å². The average Bonchev–Trinajstić information content (AvgIpc) is 2.87. The molecule has 0 radical (unpaired) electrons. The molecule has 1 fully saturated rings. The van der Waals surface area contributed by atoms with Crippen molar-refractivity contribution in [2.24, 2.45) is 0 Å². The van der Waals surface area contributed by atoms with Gasteiger partial charge < -0.3 is 24.3 Å². The van der Waals surface area contributed by atoms with E-state index in [-0.39, 0.29) is 5.56 Å². The van der Waals surface area contributed by atoms with Crippen LogP contribution in [0.1, 0.15) is 24.1 Å². The molecule has 5 rings (SSSR count). The van der Waals surface area contributed by atoms with E-state index in [0.29, 0.717) is 55.1 Å². The highest BCUT2D eigenvalue weighted by Gasteiger charge is 2.20. The fourth-order valence-corrected chi connectivity index (χ4v) is 4.29. The summed E-state index contributed by atoms with van der Waals surface area (Å²) >= 11 is 0. The lowest BCUT2D eigenvalue weighted by molar-refractivity contribution is 0.161. The molecule has 170 valence electrons. The second kappa shape index (κ2) is 9.52. The van der Waals surface area contributed by atoms with Crippen molar-refractivity contribution in [3.63, 3.8) is 0 Å². The molecule has 0 spiro atoms. The molecule has 10 nitrogen and oxygen atoms in total. The van der Waals surface area contributed by atoms with E-state index in [1.165, 1.54) is 12.3 Å². The molecule has 10 heteroatoms. The minimum Gasteiger partial charge on any atom is -0.484 e. The van der Waals surface area contributed by atoms with Crippen LogP contribution in [0.15, 0.2) is 35.3 Å². The molecule has 0 aromatic carbocycles. The van der Waals surface area contributed by atoms with E-state index in [0.717, 1.165) is 43.7 Å². The second-order valence-corrected chi connectivity index (χ2v) is 8.26. The molecule has 2 aliphatic heterocycles. The summed E-state index contributed by atoms with van der Waals surface area (Å²) in [6.45, 7) is 4.91. The largest absolute Gasteiger partial charge is 0.484 e. The molecule has 1 N–H and O–H groups in total. The summed E-state index contributed by atoms with van der Waals surface area (Å²) in [6, 6.07) is 9.37. The monoisotopic (exact) mass is 447 g/mol. The molecule has 0 amide bonds. The van der Waals surface area contributed by atoms with Crippen LogP contribution in [0, 0.1) is 11.3 Å². The van der Waals surface area contributed by atoms with E-state index in [1.807, 2.05) is 6.07 Å². The van der Waals surface area contributed by atoms with Crippen LogP contribution in [-0.2, 0) is 13.1 Å². The molecule has 0 bridgehead atoms. The SMILES string of the molecule is N#Cc1cnc2ccc(=O)n(CCN3CCC(NCc4cc5c(nn4)OCCO5)CC3)c2c1. The quantitative estimate of drug-likeness (QED) is 0.592. The fraction of sp³-hybridized carbons (Fsp3) is 0.435. The third-order valence-corrected chi connectivity index (χ3v) is 6.12. The highest BCUT2D eigenvalue weighted by atomic mass is 16.6. The van der Waals surface area contributed by atoms with Crippen LogP contribution in [0.3, 0.4) is 0 Å². The number of nitrogens with zero attached hydrogens (tertiary/aromatic N) is 6. The molecule has 5 heterocycles. The summed E-state index contributed by atoms with van der Waals surface area (Å²) in [5.41, 5.74) is 2.65. The highest BCUT2D eigenvalue weighted by molar-refractivity contribution is 5.75. The van der Waals surface area contributed by atoms with Crippen LogP contribution in [-0.4, -0.2) is 63.5 Å². The minimum atomic E-state index is -0.0727. The number of fused-ring (bicyclic) bond motifs is 2. The fourth-order valence-electron chi connectivity index (χ4n) is 4.29. The van der Waals surface area contributed by atoms with E-state index in [4.69, 9.17) is 9.47 Å². The molecular weight excluding hydrogens is 422 g/mol. The average molecular weight is 447 g/mol. The third-order valence-electron chi connectivity index (χ3n) is 6.12. The molecule has 0 atom stereocenters. The first-order valence-electron chi connectivity index (χ1n) is 11.2. The van der Waals surface area contributed by atoms with Gasteiger partial charge >= 0.3 is 0 Å². The lowest BCUT2D eigenvalue weighted by atomic mass is 10.0. The van der Waals surface area contributed by atoms with Crippen molar-refractivity contribution in [1.29, 1.82) is 5.26 Å². The second-order valence-electron chi connectivity index (χ2n) is 8.26. The first kappa shape index (κ1) is 21.3.